The monoisotopic (exact) mass is 572 g/mol. The molecule has 1 N–H and O–H groups in total. The minimum Gasteiger partial charge on any atom is -0.444 e. The summed E-state index contributed by atoms with van der Waals surface area (Å²) in [6.07, 6.45) is 5.40. The number of carbonyl (C=O) groups is 3. The molecule has 2 aromatic carbocycles. The lowest BCUT2D eigenvalue weighted by Crippen LogP contribution is -2.50. The molecule has 210 valence electrons. The summed E-state index contributed by atoms with van der Waals surface area (Å²) in [4.78, 5) is 41.9. The van der Waals surface area contributed by atoms with Gasteiger partial charge in [0.1, 0.15) is 18.2 Å². The van der Waals surface area contributed by atoms with Crippen molar-refractivity contribution >= 4 is 46.8 Å². The van der Waals surface area contributed by atoms with Gasteiger partial charge in [-0.25, -0.2) is 4.79 Å². The highest BCUT2D eigenvalue weighted by molar-refractivity contribution is 7.99. The lowest BCUT2D eigenvalue weighted by atomic mass is 9.90. The van der Waals surface area contributed by atoms with E-state index < -0.39 is 17.7 Å². The van der Waals surface area contributed by atoms with Crippen LogP contribution in [0.4, 0.5) is 10.5 Å². The van der Waals surface area contributed by atoms with Crippen LogP contribution >= 0.6 is 23.4 Å². The van der Waals surface area contributed by atoms with Crippen LogP contribution in [0.3, 0.4) is 0 Å². The van der Waals surface area contributed by atoms with E-state index in [1.807, 2.05) is 18.2 Å². The van der Waals surface area contributed by atoms with E-state index in [1.54, 1.807) is 49.9 Å². The average molecular weight is 573 g/mol. The van der Waals surface area contributed by atoms with Gasteiger partial charge in [-0.3, -0.25) is 9.59 Å². The number of halogens is 1. The molecule has 2 aromatic rings. The lowest BCUT2D eigenvalue weighted by molar-refractivity contribution is -0.120. The normalized spacial score (nSPS) is 18.3. The Morgan fingerprint density at radius 3 is 2.49 bits per heavy atom. The SMILES string of the molecule is CC(C)(C)OC(=O)N[C@H]1CSc2ccc(C(=O)COCC3CCCCC3)cc2N(Cc2ccc(Cl)cc2)C1=O. The third-order valence-corrected chi connectivity index (χ3v) is 8.21. The number of ether oxygens (including phenoxy) is 2. The fraction of sp³-hybridized carbons (Fsp3) is 0.500. The average Bonchev–Trinajstić information content (AvgIpc) is 3.01. The summed E-state index contributed by atoms with van der Waals surface area (Å²) in [5, 5.41) is 3.34. The second-order valence-electron chi connectivity index (χ2n) is 11.2. The number of hydrogen-bond donors (Lipinski definition) is 1. The Morgan fingerprint density at radius 2 is 1.79 bits per heavy atom. The maximum absolute atomic E-state index is 13.8. The van der Waals surface area contributed by atoms with Crippen molar-refractivity contribution in [3.05, 3.63) is 58.6 Å². The van der Waals surface area contributed by atoms with Gasteiger partial charge in [0, 0.05) is 21.2 Å². The number of Topliss-reactive ketones (excluding diaryl/α,β-unsaturated/α-hetero) is 1. The fourth-order valence-electron chi connectivity index (χ4n) is 4.82. The zero-order valence-electron chi connectivity index (χ0n) is 22.8. The first-order valence-corrected chi connectivity index (χ1v) is 14.9. The van der Waals surface area contributed by atoms with Crippen LogP contribution in [0.15, 0.2) is 47.4 Å². The number of benzene rings is 2. The smallest absolute Gasteiger partial charge is 0.408 e. The van der Waals surface area contributed by atoms with Crippen molar-refractivity contribution in [2.75, 3.05) is 23.9 Å². The number of anilines is 1. The Bertz CT molecular complexity index is 1170. The van der Waals surface area contributed by atoms with Gasteiger partial charge in [0.2, 0.25) is 0 Å². The van der Waals surface area contributed by atoms with Gasteiger partial charge in [-0.05, 0) is 69.4 Å². The summed E-state index contributed by atoms with van der Waals surface area (Å²) in [6, 6.07) is 11.9. The first-order chi connectivity index (χ1) is 18.6. The Kier molecular flexibility index (Phi) is 9.96. The van der Waals surface area contributed by atoms with E-state index in [4.69, 9.17) is 21.1 Å². The molecule has 0 spiro atoms. The van der Waals surface area contributed by atoms with Crippen molar-refractivity contribution in [2.45, 2.75) is 76.0 Å². The molecule has 9 heteroatoms. The van der Waals surface area contributed by atoms with Crippen LogP contribution in [0, 0.1) is 5.92 Å². The van der Waals surface area contributed by atoms with Crippen LogP contribution in [0.25, 0.3) is 0 Å². The molecule has 0 unspecified atom stereocenters. The molecule has 2 amide bonds. The number of carbonyl (C=O) groups excluding carboxylic acids is 3. The molecule has 39 heavy (non-hydrogen) atoms. The molecule has 1 aliphatic carbocycles. The largest absolute Gasteiger partial charge is 0.444 e. The summed E-state index contributed by atoms with van der Waals surface area (Å²) in [5.74, 6) is 0.460. The number of ketones is 1. The van der Waals surface area contributed by atoms with Crippen molar-refractivity contribution < 1.29 is 23.9 Å². The number of amides is 2. The van der Waals surface area contributed by atoms with Gasteiger partial charge in [-0.15, -0.1) is 11.8 Å². The van der Waals surface area contributed by atoms with Gasteiger partial charge in [0.15, 0.2) is 5.78 Å². The molecule has 0 radical (unpaired) electrons. The molecule has 1 aliphatic heterocycles. The predicted molar refractivity (Wildman–Crippen MR) is 155 cm³/mol. The first kappa shape index (κ1) is 29.4. The van der Waals surface area contributed by atoms with E-state index in [1.165, 1.54) is 31.0 Å². The summed E-state index contributed by atoms with van der Waals surface area (Å²) >= 11 is 7.53. The van der Waals surface area contributed by atoms with Crippen LogP contribution in [0.1, 0.15) is 68.8 Å². The Labute approximate surface area is 239 Å². The van der Waals surface area contributed by atoms with Crippen molar-refractivity contribution in [1.29, 1.82) is 0 Å². The Balaban J connectivity index is 1.54. The quantitative estimate of drug-likeness (QED) is 0.356. The zero-order chi connectivity index (χ0) is 28.0. The number of fused-ring (bicyclic) bond motifs is 1. The van der Waals surface area contributed by atoms with E-state index in [0.717, 1.165) is 23.3 Å². The fourth-order valence-corrected chi connectivity index (χ4v) is 6.00. The first-order valence-electron chi connectivity index (χ1n) is 13.5. The second-order valence-corrected chi connectivity index (χ2v) is 12.7. The summed E-state index contributed by atoms with van der Waals surface area (Å²) in [6.45, 7) is 6.19. The molecule has 0 aromatic heterocycles. The van der Waals surface area contributed by atoms with Gasteiger partial charge in [0.05, 0.1) is 18.8 Å². The highest BCUT2D eigenvalue weighted by Gasteiger charge is 2.33. The summed E-state index contributed by atoms with van der Waals surface area (Å²) < 4.78 is 11.2. The molecular weight excluding hydrogens is 536 g/mol. The van der Waals surface area contributed by atoms with E-state index >= 15 is 0 Å². The molecule has 1 atom stereocenters. The Morgan fingerprint density at radius 1 is 1.08 bits per heavy atom. The molecule has 1 heterocycles. The molecule has 4 rings (SSSR count). The minimum atomic E-state index is -0.803. The van der Waals surface area contributed by atoms with Gasteiger partial charge >= 0.3 is 6.09 Å². The molecule has 0 saturated heterocycles. The number of nitrogens with zero attached hydrogens (tertiary/aromatic N) is 1. The second kappa shape index (κ2) is 13.2. The van der Waals surface area contributed by atoms with Gasteiger partial charge in [-0.2, -0.15) is 0 Å². The van der Waals surface area contributed by atoms with Crippen LogP contribution in [-0.4, -0.2) is 48.4 Å². The molecule has 1 fully saturated rings. The zero-order valence-corrected chi connectivity index (χ0v) is 24.4. The molecular formula is C30H37ClN2O5S. The molecule has 1 saturated carbocycles. The number of thioether (sulfide) groups is 1. The number of alkyl carbamates (subject to hydrolysis) is 1. The van der Waals surface area contributed by atoms with Crippen molar-refractivity contribution in [1.82, 2.24) is 5.32 Å². The molecule has 7 nitrogen and oxygen atoms in total. The minimum absolute atomic E-state index is 0.0103. The Hall–Kier alpha value is -2.55. The molecule has 2 aliphatic rings. The van der Waals surface area contributed by atoms with Crippen molar-refractivity contribution in [3.63, 3.8) is 0 Å². The topological polar surface area (TPSA) is 84.9 Å². The number of rotatable bonds is 8. The maximum atomic E-state index is 13.8. The third kappa shape index (κ3) is 8.47. The van der Waals surface area contributed by atoms with Crippen LogP contribution in [-0.2, 0) is 20.8 Å². The van der Waals surface area contributed by atoms with Crippen LogP contribution in [0.2, 0.25) is 5.02 Å². The highest BCUT2D eigenvalue weighted by Crippen LogP contribution is 2.36. The van der Waals surface area contributed by atoms with Crippen LogP contribution in [0.5, 0.6) is 0 Å². The van der Waals surface area contributed by atoms with E-state index in [0.29, 0.717) is 34.6 Å². The van der Waals surface area contributed by atoms with Crippen molar-refractivity contribution in [3.8, 4) is 0 Å². The summed E-state index contributed by atoms with van der Waals surface area (Å²) in [7, 11) is 0. The van der Waals surface area contributed by atoms with Gasteiger partial charge in [-0.1, -0.05) is 49.1 Å². The number of nitrogens with one attached hydrogen (secondary N) is 1. The van der Waals surface area contributed by atoms with Gasteiger partial charge in [0.25, 0.3) is 5.91 Å². The summed E-state index contributed by atoms with van der Waals surface area (Å²) in [5.41, 5.74) is 1.30. The number of hydrogen-bond acceptors (Lipinski definition) is 6. The van der Waals surface area contributed by atoms with Gasteiger partial charge < -0.3 is 19.7 Å². The lowest BCUT2D eigenvalue weighted by Gasteiger charge is -2.27. The van der Waals surface area contributed by atoms with Crippen LogP contribution < -0.4 is 10.2 Å². The molecule has 0 bridgehead atoms. The van der Waals surface area contributed by atoms with Crippen molar-refractivity contribution in [2.24, 2.45) is 5.92 Å². The van der Waals surface area contributed by atoms with E-state index in [9.17, 15) is 14.4 Å². The standard InChI is InChI=1S/C30H37ClN2O5S/c1-30(2,3)38-29(36)32-24-19-39-27-14-11-22(26(34)18-37-17-21-7-5-4-6-8-21)15-25(27)33(28(24)35)16-20-9-12-23(31)13-10-20/h9-15,21,24H,4-8,16-19H2,1-3H3,(H,32,36)/t24-/m0/s1. The maximum Gasteiger partial charge on any atom is 0.408 e. The highest BCUT2D eigenvalue weighted by atomic mass is 35.5. The van der Waals surface area contributed by atoms with E-state index in [-0.39, 0.29) is 24.8 Å². The van der Waals surface area contributed by atoms with E-state index in [2.05, 4.69) is 5.32 Å². The third-order valence-electron chi connectivity index (χ3n) is 6.80. The predicted octanol–water partition coefficient (Wildman–Crippen LogP) is 6.65.